The van der Waals surface area contributed by atoms with E-state index in [9.17, 15) is 22.7 Å². The van der Waals surface area contributed by atoms with Crippen molar-refractivity contribution < 1.29 is 22.7 Å². The second-order valence-corrected chi connectivity index (χ2v) is 11.8. The number of sulfonamides is 1. The zero-order chi connectivity index (χ0) is 24.0. The summed E-state index contributed by atoms with van der Waals surface area (Å²) >= 11 is 1.57. The van der Waals surface area contributed by atoms with Crippen molar-refractivity contribution in [2.24, 2.45) is 5.92 Å². The molecule has 1 saturated heterocycles. The molecule has 1 fully saturated rings. The number of piperidine rings is 1. The predicted molar refractivity (Wildman–Crippen MR) is 130 cm³/mol. The molecule has 0 aliphatic carbocycles. The monoisotopic (exact) mass is 493 g/mol. The van der Waals surface area contributed by atoms with E-state index in [0.29, 0.717) is 0 Å². The first-order valence-corrected chi connectivity index (χ1v) is 13.9. The standard InChI is InChI=1S/C25H32FNO4S2/c1-3-4-5-8-15-32-24-16-23(20-9-6-7-10-22(20)26)27(17-21(24)25(28)29)33(30,31)19-13-11-18(2)12-14-19/h6-7,9-14,21,23-24H,3-5,8,15-17H2,1-2H3,(H,28,29)/t21-,23+,24-/m1/s1. The van der Waals surface area contributed by atoms with Crippen LogP contribution in [0.5, 0.6) is 0 Å². The van der Waals surface area contributed by atoms with Gasteiger partial charge in [0.1, 0.15) is 5.82 Å². The summed E-state index contributed by atoms with van der Waals surface area (Å²) < 4.78 is 43.2. The SMILES string of the molecule is CCCCCCS[C@@H]1C[C@@H](c2ccccc2F)N(S(=O)(=O)c2ccc(C)cc2)C[C@H]1C(=O)O. The molecule has 8 heteroatoms. The number of nitrogens with zero attached hydrogens (tertiary/aromatic N) is 1. The van der Waals surface area contributed by atoms with Crippen LogP contribution in [0.2, 0.25) is 0 Å². The minimum absolute atomic E-state index is 0.0873. The van der Waals surface area contributed by atoms with Crippen LogP contribution in [0.1, 0.15) is 56.2 Å². The molecular weight excluding hydrogens is 461 g/mol. The van der Waals surface area contributed by atoms with E-state index in [2.05, 4.69) is 6.92 Å². The molecule has 1 aliphatic heterocycles. The van der Waals surface area contributed by atoms with Crippen molar-refractivity contribution in [3.63, 3.8) is 0 Å². The zero-order valence-corrected chi connectivity index (χ0v) is 20.7. The van der Waals surface area contributed by atoms with Gasteiger partial charge in [0.2, 0.25) is 10.0 Å². The molecule has 0 spiro atoms. The van der Waals surface area contributed by atoms with E-state index in [0.717, 1.165) is 37.0 Å². The topological polar surface area (TPSA) is 74.7 Å². The van der Waals surface area contributed by atoms with Crippen molar-refractivity contribution in [2.75, 3.05) is 12.3 Å². The number of hydrogen-bond acceptors (Lipinski definition) is 4. The highest BCUT2D eigenvalue weighted by Gasteiger charge is 2.45. The molecular formula is C25H32FNO4S2. The predicted octanol–water partition coefficient (Wildman–Crippen LogP) is 5.65. The summed E-state index contributed by atoms with van der Waals surface area (Å²) in [6.45, 7) is 3.82. The molecule has 0 aromatic heterocycles. The Balaban J connectivity index is 1.96. The van der Waals surface area contributed by atoms with Crippen molar-refractivity contribution in [3.8, 4) is 0 Å². The summed E-state index contributed by atoms with van der Waals surface area (Å²) in [6.07, 6.45) is 4.57. The number of benzene rings is 2. The number of unbranched alkanes of at least 4 members (excludes halogenated alkanes) is 3. The number of halogens is 1. The van der Waals surface area contributed by atoms with Crippen molar-refractivity contribution in [1.29, 1.82) is 0 Å². The van der Waals surface area contributed by atoms with Gasteiger partial charge in [-0.05, 0) is 43.7 Å². The first-order chi connectivity index (χ1) is 15.8. The fraction of sp³-hybridized carbons (Fsp3) is 0.480. The van der Waals surface area contributed by atoms with E-state index in [-0.39, 0.29) is 28.7 Å². The van der Waals surface area contributed by atoms with E-state index in [1.165, 1.54) is 22.5 Å². The van der Waals surface area contributed by atoms with Crippen molar-refractivity contribution in [2.45, 2.75) is 62.1 Å². The lowest BCUT2D eigenvalue weighted by Crippen LogP contribution is -2.49. The van der Waals surface area contributed by atoms with E-state index < -0.39 is 33.8 Å². The summed E-state index contributed by atoms with van der Waals surface area (Å²) in [5, 5.41) is 9.65. The molecule has 1 aliphatic rings. The second-order valence-electron chi connectivity index (χ2n) is 8.58. The minimum Gasteiger partial charge on any atom is -0.481 e. The lowest BCUT2D eigenvalue weighted by molar-refractivity contribution is -0.143. The molecule has 3 atom stereocenters. The number of carbonyl (C=O) groups is 1. The van der Waals surface area contributed by atoms with Crippen LogP contribution < -0.4 is 0 Å². The first-order valence-electron chi connectivity index (χ1n) is 11.4. The third-order valence-electron chi connectivity index (χ3n) is 6.17. The number of carboxylic acid groups (broad SMARTS) is 1. The molecule has 1 N–H and O–H groups in total. The fourth-order valence-corrected chi connectivity index (χ4v) is 7.33. The smallest absolute Gasteiger partial charge is 0.308 e. The molecule has 1 heterocycles. The van der Waals surface area contributed by atoms with Gasteiger partial charge in [-0.25, -0.2) is 12.8 Å². The van der Waals surface area contributed by atoms with E-state index in [4.69, 9.17) is 0 Å². The molecule has 0 amide bonds. The highest BCUT2D eigenvalue weighted by atomic mass is 32.2. The number of carboxylic acids is 1. The maximum absolute atomic E-state index is 14.8. The number of rotatable bonds is 10. The van der Waals surface area contributed by atoms with Crippen LogP contribution in [0.25, 0.3) is 0 Å². The molecule has 3 rings (SSSR count). The maximum Gasteiger partial charge on any atom is 0.308 e. The number of hydrogen-bond donors (Lipinski definition) is 1. The highest BCUT2D eigenvalue weighted by molar-refractivity contribution is 7.99. The van der Waals surface area contributed by atoms with Crippen LogP contribution in [0.3, 0.4) is 0 Å². The highest BCUT2D eigenvalue weighted by Crippen LogP contribution is 2.43. The van der Waals surface area contributed by atoms with Gasteiger partial charge in [0.15, 0.2) is 0 Å². The van der Waals surface area contributed by atoms with E-state index >= 15 is 0 Å². The molecule has 0 saturated carbocycles. The van der Waals surface area contributed by atoms with Crippen molar-refractivity contribution in [3.05, 3.63) is 65.5 Å². The normalized spacial score (nSPS) is 21.7. The minimum atomic E-state index is -4.02. The van der Waals surface area contributed by atoms with E-state index in [1.54, 1.807) is 42.1 Å². The lowest BCUT2D eigenvalue weighted by Gasteiger charge is -2.41. The number of thioether (sulfide) groups is 1. The quantitative estimate of drug-likeness (QED) is 0.433. The molecule has 0 radical (unpaired) electrons. The Bertz CT molecular complexity index is 1040. The Labute approximate surface area is 200 Å². The Morgan fingerprint density at radius 1 is 1.12 bits per heavy atom. The molecule has 0 bridgehead atoms. The molecule has 33 heavy (non-hydrogen) atoms. The zero-order valence-electron chi connectivity index (χ0n) is 19.1. The molecule has 0 unspecified atom stereocenters. The summed E-state index contributed by atoms with van der Waals surface area (Å²) in [6, 6.07) is 11.9. The largest absolute Gasteiger partial charge is 0.481 e. The van der Waals surface area contributed by atoms with Gasteiger partial charge in [0.05, 0.1) is 16.9 Å². The van der Waals surface area contributed by atoms with Crippen LogP contribution in [0.15, 0.2) is 53.4 Å². The Hall–Kier alpha value is -1.90. The first kappa shape index (κ1) is 25.7. The third-order valence-corrected chi connectivity index (χ3v) is 9.53. The maximum atomic E-state index is 14.8. The molecule has 2 aromatic carbocycles. The van der Waals surface area contributed by atoms with Gasteiger partial charge in [0.25, 0.3) is 0 Å². The average molecular weight is 494 g/mol. The van der Waals surface area contributed by atoms with Gasteiger partial charge >= 0.3 is 5.97 Å². The van der Waals surface area contributed by atoms with Crippen molar-refractivity contribution >= 4 is 27.8 Å². The van der Waals surface area contributed by atoms with Gasteiger partial charge in [-0.1, -0.05) is 62.1 Å². The lowest BCUT2D eigenvalue weighted by atomic mass is 9.90. The van der Waals surface area contributed by atoms with Gasteiger partial charge in [0, 0.05) is 17.4 Å². The van der Waals surface area contributed by atoms with Gasteiger partial charge < -0.3 is 5.11 Å². The third kappa shape index (κ3) is 6.16. The molecule has 2 aromatic rings. The fourth-order valence-electron chi connectivity index (χ4n) is 4.26. The Kier molecular flexibility index (Phi) is 8.95. The average Bonchev–Trinajstić information content (AvgIpc) is 2.79. The van der Waals surface area contributed by atoms with Crippen LogP contribution in [-0.2, 0) is 14.8 Å². The van der Waals surface area contributed by atoms with Gasteiger partial charge in [-0.3, -0.25) is 4.79 Å². The van der Waals surface area contributed by atoms with Crippen LogP contribution >= 0.6 is 11.8 Å². The number of aryl methyl sites for hydroxylation is 1. The Morgan fingerprint density at radius 3 is 2.45 bits per heavy atom. The Morgan fingerprint density at radius 2 is 1.82 bits per heavy atom. The summed E-state index contributed by atoms with van der Waals surface area (Å²) in [7, 11) is -4.02. The second kappa shape index (κ2) is 11.5. The van der Waals surface area contributed by atoms with Gasteiger partial charge in [-0.15, -0.1) is 0 Å². The van der Waals surface area contributed by atoms with Crippen LogP contribution in [-0.4, -0.2) is 41.3 Å². The summed E-state index contributed by atoms with van der Waals surface area (Å²) in [4.78, 5) is 12.2. The number of aliphatic carboxylic acids is 1. The molecule has 5 nitrogen and oxygen atoms in total. The molecule has 180 valence electrons. The van der Waals surface area contributed by atoms with E-state index in [1.807, 2.05) is 6.92 Å². The summed E-state index contributed by atoms with van der Waals surface area (Å²) in [5.41, 5.74) is 1.20. The van der Waals surface area contributed by atoms with Crippen LogP contribution in [0.4, 0.5) is 4.39 Å². The van der Waals surface area contributed by atoms with Crippen LogP contribution in [0, 0.1) is 18.7 Å². The summed E-state index contributed by atoms with van der Waals surface area (Å²) in [5.74, 6) is -1.54. The van der Waals surface area contributed by atoms with Gasteiger partial charge in [-0.2, -0.15) is 16.1 Å². The van der Waals surface area contributed by atoms with Crippen molar-refractivity contribution in [1.82, 2.24) is 4.31 Å².